The summed E-state index contributed by atoms with van der Waals surface area (Å²) in [5, 5.41) is 20.8. The van der Waals surface area contributed by atoms with E-state index in [0.29, 0.717) is 38.5 Å². The lowest BCUT2D eigenvalue weighted by molar-refractivity contribution is -0.220. The van der Waals surface area contributed by atoms with Gasteiger partial charge < -0.3 is 14.9 Å². The first-order valence-electron chi connectivity index (χ1n) is 15.3. The van der Waals surface area contributed by atoms with E-state index in [4.69, 9.17) is 4.74 Å². The maximum absolute atomic E-state index is 14.5. The van der Waals surface area contributed by atoms with Gasteiger partial charge in [-0.1, -0.05) is 33.3 Å². The number of ketones is 1. The van der Waals surface area contributed by atoms with E-state index in [9.17, 15) is 29.4 Å². The first-order chi connectivity index (χ1) is 18.9. The number of fused-ring (bicyclic) bond motifs is 7. The molecule has 5 aliphatic rings. The van der Waals surface area contributed by atoms with Crippen LogP contribution in [0, 0.1) is 50.2 Å². The number of aliphatic carboxylic acids is 2. The zero-order valence-electron chi connectivity index (χ0n) is 25.8. The van der Waals surface area contributed by atoms with E-state index in [1.54, 1.807) is 6.92 Å². The lowest BCUT2D eigenvalue weighted by Crippen LogP contribution is -2.68. The molecule has 0 radical (unpaired) electrons. The molecule has 4 fully saturated rings. The summed E-state index contributed by atoms with van der Waals surface area (Å²) in [5.74, 6) is -2.47. The Morgan fingerprint density at radius 2 is 1.59 bits per heavy atom. The van der Waals surface area contributed by atoms with Crippen molar-refractivity contribution in [2.75, 3.05) is 12.0 Å². The Bertz CT molecular complexity index is 1210. The third-order valence-corrected chi connectivity index (χ3v) is 14.2. The van der Waals surface area contributed by atoms with Crippen molar-refractivity contribution in [1.29, 1.82) is 0 Å². The van der Waals surface area contributed by atoms with Crippen molar-refractivity contribution < 1.29 is 34.1 Å². The van der Waals surface area contributed by atoms with Gasteiger partial charge in [0.2, 0.25) is 0 Å². The molecule has 0 saturated heterocycles. The minimum absolute atomic E-state index is 0.0223. The molecule has 0 spiro atoms. The average molecular weight is 589 g/mol. The van der Waals surface area contributed by atoms with Crippen molar-refractivity contribution in [1.82, 2.24) is 0 Å². The van der Waals surface area contributed by atoms with E-state index < -0.39 is 34.3 Å². The summed E-state index contributed by atoms with van der Waals surface area (Å²) in [6, 6.07) is 0. The van der Waals surface area contributed by atoms with Crippen molar-refractivity contribution in [3.63, 3.8) is 0 Å². The highest BCUT2D eigenvalue weighted by atomic mass is 32.2. The van der Waals surface area contributed by atoms with Gasteiger partial charge in [-0.15, -0.1) is 0 Å². The predicted octanol–water partition coefficient (Wildman–Crippen LogP) is 6.39. The van der Waals surface area contributed by atoms with Crippen molar-refractivity contribution >= 4 is 35.5 Å². The lowest BCUT2D eigenvalue weighted by Gasteiger charge is -2.70. The summed E-state index contributed by atoms with van der Waals surface area (Å²) < 4.78 is 5.82. The van der Waals surface area contributed by atoms with Gasteiger partial charge in [0.25, 0.3) is 0 Å². The lowest BCUT2D eigenvalue weighted by atomic mass is 9.33. The fourth-order valence-electron chi connectivity index (χ4n) is 10.8. The molecule has 41 heavy (non-hydrogen) atoms. The number of rotatable bonds is 5. The summed E-state index contributed by atoms with van der Waals surface area (Å²) >= 11 is 1.36. The number of hydrogen-bond acceptors (Lipinski definition) is 6. The van der Waals surface area contributed by atoms with E-state index in [1.807, 2.05) is 19.3 Å². The molecule has 0 aliphatic heterocycles. The van der Waals surface area contributed by atoms with Crippen LogP contribution in [0.1, 0.15) is 99.3 Å². The molecule has 8 heteroatoms. The molecule has 7 nitrogen and oxygen atoms in total. The van der Waals surface area contributed by atoms with Gasteiger partial charge in [-0.2, -0.15) is 11.8 Å². The van der Waals surface area contributed by atoms with Crippen LogP contribution in [0.2, 0.25) is 0 Å². The average Bonchev–Trinajstić information content (AvgIpc) is 2.88. The Kier molecular flexibility index (Phi) is 7.16. The Morgan fingerprint density at radius 1 is 0.927 bits per heavy atom. The summed E-state index contributed by atoms with van der Waals surface area (Å²) in [6.07, 6.45) is 9.37. The number of allylic oxidation sites excluding steroid dienone is 2. The second-order valence-corrected chi connectivity index (χ2v) is 16.5. The van der Waals surface area contributed by atoms with Gasteiger partial charge in [0.1, 0.15) is 11.5 Å². The number of thioether (sulfide) groups is 1. The van der Waals surface area contributed by atoms with Crippen molar-refractivity contribution in [2.45, 2.75) is 105 Å². The van der Waals surface area contributed by atoms with Crippen LogP contribution in [0.4, 0.5) is 0 Å². The molecule has 0 unspecified atom stereocenters. The van der Waals surface area contributed by atoms with Gasteiger partial charge in [0.05, 0.1) is 11.2 Å². The number of carboxylic acids is 2. The second-order valence-electron chi connectivity index (χ2n) is 15.6. The Hall–Kier alpha value is -1.83. The Morgan fingerprint density at radius 3 is 2.20 bits per heavy atom. The Labute approximate surface area is 248 Å². The zero-order chi connectivity index (χ0) is 30.4. The van der Waals surface area contributed by atoms with Gasteiger partial charge in [0, 0.05) is 5.92 Å². The van der Waals surface area contributed by atoms with E-state index in [1.165, 1.54) is 11.8 Å². The standard InChI is InChI=1S/C33H48O7S/c1-28-12-13-29(2,26(36)37)17-20(28)19-16-21(34)25-30(3)10-9-23(40-24(35)18-41-7)33(6,27(38)39)22(30)8-11-32(25,5)31(19,4)15-14-28/h16,20,22-23,25H,8-15,17-18H2,1-7H3,(H,36,37)(H,38,39)/t20-,22+,23-,25+,28+,29-,30-,31+,32+,33-/m0/s1. The van der Waals surface area contributed by atoms with Crippen LogP contribution in [-0.2, 0) is 23.9 Å². The molecular formula is C33H48O7S. The minimum atomic E-state index is -1.29. The molecule has 10 atom stereocenters. The SMILES string of the molecule is CSCC(=O)O[C@H]1CC[C@@]2(C)[C@@H](CC[C@]3(C)[C@@H]2C(=O)C=C2[C@@H]4C[C@@](C)(C(=O)O)CC[C@]4(C)CC[C@]23C)[C@]1(C)C(=O)O. The van der Waals surface area contributed by atoms with Gasteiger partial charge >= 0.3 is 17.9 Å². The van der Waals surface area contributed by atoms with Crippen LogP contribution < -0.4 is 0 Å². The molecule has 0 bridgehead atoms. The molecule has 0 heterocycles. The minimum Gasteiger partial charge on any atom is -0.481 e. The Balaban J connectivity index is 1.57. The maximum atomic E-state index is 14.5. The molecular weight excluding hydrogens is 540 g/mol. The molecule has 0 aromatic carbocycles. The van der Waals surface area contributed by atoms with Crippen molar-refractivity contribution in [3.05, 3.63) is 11.6 Å². The number of ether oxygens (including phenoxy) is 1. The normalized spacial score (nSPS) is 49.0. The number of carbonyl (C=O) groups is 4. The molecule has 0 amide bonds. The van der Waals surface area contributed by atoms with Gasteiger partial charge in [-0.05, 0) is 117 Å². The molecule has 4 saturated carbocycles. The van der Waals surface area contributed by atoms with E-state index >= 15 is 0 Å². The largest absolute Gasteiger partial charge is 0.481 e. The molecule has 0 aromatic heterocycles. The van der Waals surface area contributed by atoms with Crippen LogP contribution in [0.3, 0.4) is 0 Å². The number of esters is 1. The number of hydrogen-bond donors (Lipinski definition) is 2. The van der Waals surface area contributed by atoms with Crippen LogP contribution in [0.25, 0.3) is 0 Å². The van der Waals surface area contributed by atoms with E-state index in [0.717, 1.165) is 24.8 Å². The van der Waals surface area contributed by atoms with Crippen LogP contribution >= 0.6 is 11.8 Å². The first-order valence-corrected chi connectivity index (χ1v) is 16.7. The third kappa shape index (κ3) is 4.04. The van der Waals surface area contributed by atoms with Crippen molar-refractivity contribution in [2.24, 2.45) is 50.2 Å². The third-order valence-electron chi connectivity index (χ3n) is 13.7. The number of carboxylic acid groups (broad SMARTS) is 2. The maximum Gasteiger partial charge on any atom is 0.316 e. The van der Waals surface area contributed by atoms with E-state index in [2.05, 4.69) is 27.7 Å². The van der Waals surface area contributed by atoms with Gasteiger partial charge in [-0.3, -0.25) is 19.2 Å². The molecule has 228 valence electrons. The first kappa shape index (κ1) is 30.6. The highest BCUT2D eigenvalue weighted by molar-refractivity contribution is 7.99. The van der Waals surface area contributed by atoms with Crippen LogP contribution in [0.5, 0.6) is 0 Å². The second kappa shape index (κ2) is 9.59. The fraction of sp³-hybridized carbons (Fsp3) is 0.818. The number of carbonyl (C=O) groups excluding carboxylic acids is 2. The zero-order valence-corrected chi connectivity index (χ0v) is 26.6. The molecule has 5 aliphatic carbocycles. The van der Waals surface area contributed by atoms with Gasteiger partial charge in [0.15, 0.2) is 5.78 Å². The molecule has 5 rings (SSSR count). The summed E-state index contributed by atoms with van der Waals surface area (Å²) in [5.41, 5.74) is -2.18. The smallest absolute Gasteiger partial charge is 0.316 e. The predicted molar refractivity (Wildman–Crippen MR) is 157 cm³/mol. The van der Waals surface area contributed by atoms with E-state index in [-0.39, 0.29) is 51.5 Å². The molecule has 2 N–H and O–H groups in total. The fourth-order valence-corrected chi connectivity index (χ4v) is 11.1. The highest BCUT2D eigenvalue weighted by Crippen LogP contribution is 2.75. The van der Waals surface area contributed by atoms with Crippen LogP contribution in [0.15, 0.2) is 11.6 Å². The van der Waals surface area contributed by atoms with Gasteiger partial charge in [-0.25, -0.2) is 0 Å². The summed E-state index contributed by atoms with van der Waals surface area (Å²) in [4.78, 5) is 52.3. The summed E-state index contributed by atoms with van der Waals surface area (Å²) in [7, 11) is 0. The monoisotopic (exact) mass is 588 g/mol. The van der Waals surface area contributed by atoms with Crippen molar-refractivity contribution in [3.8, 4) is 0 Å². The summed E-state index contributed by atoms with van der Waals surface area (Å²) in [6.45, 7) is 12.6. The topological polar surface area (TPSA) is 118 Å². The highest BCUT2D eigenvalue weighted by Gasteiger charge is 2.72. The van der Waals surface area contributed by atoms with Crippen LogP contribution in [-0.4, -0.2) is 52.0 Å². The molecule has 0 aromatic rings. The quantitative estimate of drug-likeness (QED) is 0.355.